The van der Waals surface area contributed by atoms with Crippen molar-refractivity contribution in [2.45, 2.75) is 13.2 Å². The largest absolute Gasteiger partial charge is 0.489 e. The molecular formula is C18H22Cl2FNO3. The summed E-state index contributed by atoms with van der Waals surface area (Å²) in [4.78, 5) is 0. The molecule has 7 heteroatoms. The minimum atomic E-state index is -0.265. The number of benzene rings is 2. The summed E-state index contributed by atoms with van der Waals surface area (Å²) in [5.74, 6) is 0.464. The van der Waals surface area contributed by atoms with Gasteiger partial charge in [-0.25, -0.2) is 4.39 Å². The summed E-state index contributed by atoms with van der Waals surface area (Å²) in [7, 11) is 0. The third-order valence-corrected chi connectivity index (χ3v) is 3.54. The summed E-state index contributed by atoms with van der Waals surface area (Å²) in [5, 5.41) is 12.5. The molecule has 0 heterocycles. The highest BCUT2D eigenvalue weighted by Crippen LogP contribution is 2.24. The van der Waals surface area contributed by atoms with Crippen LogP contribution >= 0.6 is 24.0 Å². The second kappa shape index (κ2) is 12.1. The lowest BCUT2D eigenvalue weighted by molar-refractivity contribution is 0.0937. The van der Waals surface area contributed by atoms with Gasteiger partial charge in [0.2, 0.25) is 0 Å². The fourth-order valence-corrected chi connectivity index (χ4v) is 2.30. The molecule has 2 aromatic rings. The van der Waals surface area contributed by atoms with Crippen molar-refractivity contribution in [3.05, 3.63) is 64.4 Å². The van der Waals surface area contributed by atoms with E-state index >= 15 is 0 Å². The molecule has 0 amide bonds. The number of hydrogen-bond donors (Lipinski definition) is 2. The van der Waals surface area contributed by atoms with Crippen LogP contribution in [0.4, 0.5) is 4.39 Å². The van der Waals surface area contributed by atoms with Gasteiger partial charge in [-0.05, 0) is 35.9 Å². The molecule has 2 N–H and O–H groups in total. The molecule has 0 aliphatic carbocycles. The third kappa shape index (κ3) is 8.03. The summed E-state index contributed by atoms with van der Waals surface area (Å²) in [5.41, 5.74) is 1.83. The maximum absolute atomic E-state index is 12.9. The van der Waals surface area contributed by atoms with E-state index in [1.54, 1.807) is 18.2 Å². The summed E-state index contributed by atoms with van der Waals surface area (Å²) >= 11 is 6.06. The third-order valence-electron chi connectivity index (χ3n) is 3.30. The maximum atomic E-state index is 12.9. The zero-order valence-corrected chi connectivity index (χ0v) is 15.3. The van der Waals surface area contributed by atoms with E-state index in [-0.39, 0.29) is 24.8 Å². The Morgan fingerprint density at radius 1 is 1.08 bits per heavy atom. The van der Waals surface area contributed by atoms with Crippen LogP contribution in [0.25, 0.3) is 0 Å². The number of hydrogen-bond acceptors (Lipinski definition) is 4. The number of aliphatic hydroxyl groups is 1. The molecule has 0 saturated carbocycles. The lowest BCUT2D eigenvalue weighted by atomic mass is 10.2. The second-order valence-electron chi connectivity index (χ2n) is 5.18. The Bertz CT molecular complexity index is 626. The molecule has 0 fully saturated rings. The zero-order chi connectivity index (χ0) is 17.2. The van der Waals surface area contributed by atoms with Crippen molar-refractivity contribution in [3.63, 3.8) is 0 Å². The molecule has 0 radical (unpaired) electrons. The molecular weight excluding hydrogens is 368 g/mol. The molecule has 0 spiro atoms. The van der Waals surface area contributed by atoms with Crippen LogP contribution in [0, 0.1) is 5.82 Å². The Labute approximate surface area is 158 Å². The normalized spacial score (nSPS) is 10.4. The molecule has 0 unspecified atom stereocenters. The van der Waals surface area contributed by atoms with Crippen LogP contribution in [-0.4, -0.2) is 31.5 Å². The fourth-order valence-electron chi connectivity index (χ4n) is 2.10. The Kier molecular flexibility index (Phi) is 10.5. The Morgan fingerprint density at radius 3 is 2.56 bits per heavy atom. The van der Waals surface area contributed by atoms with Crippen LogP contribution in [-0.2, 0) is 17.9 Å². The SMILES string of the molecule is Cl.OCCOCCNCc1cc(Cl)ccc1OCc1ccc(F)cc1. The summed E-state index contributed by atoms with van der Waals surface area (Å²) in [6, 6.07) is 11.7. The second-order valence-corrected chi connectivity index (χ2v) is 5.62. The minimum Gasteiger partial charge on any atom is -0.489 e. The van der Waals surface area contributed by atoms with E-state index in [1.807, 2.05) is 12.1 Å². The highest BCUT2D eigenvalue weighted by Gasteiger charge is 2.06. The maximum Gasteiger partial charge on any atom is 0.124 e. The van der Waals surface area contributed by atoms with Crippen molar-refractivity contribution in [2.75, 3.05) is 26.4 Å². The van der Waals surface area contributed by atoms with Crippen molar-refractivity contribution in [1.82, 2.24) is 5.32 Å². The molecule has 0 saturated heterocycles. The van der Waals surface area contributed by atoms with Crippen molar-refractivity contribution in [2.24, 2.45) is 0 Å². The van der Waals surface area contributed by atoms with E-state index in [4.69, 9.17) is 26.2 Å². The monoisotopic (exact) mass is 389 g/mol. The first kappa shape index (κ1) is 21.7. The average Bonchev–Trinajstić information content (AvgIpc) is 2.58. The van der Waals surface area contributed by atoms with Crippen LogP contribution in [0.15, 0.2) is 42.5 Å². The molecule has 0 bridgehead atoms. The summed E-state index contributed by atoms with van der Waals surface area (Å²) in [6.07, 6.45) is 0. The molecule has 0 aliphatic heterocycles. The van der Waals surface area contributed by atoms with Gasteiger partial charge < -0.3 is 19.9 Å². The Balaban J connectivity index is 0.00000312. The van der Waals surface area contributed by atoms with E-state index in [1.165, 1.54) is 12.1 Å². The van der Waals surface area contributed by atoms with Crippen LogP contribution in [0.1, 0.15) is 11.1 Å². The van der Waals surface area contributed by atoms with E-state index in [9.17, 15) is 4.39 Å². The van der Waals surface area contributed by atoms with Gasteiger partial charge in [0.1, 0.15) is 18.2 Å². The first-order valence-corrected chi connectivity index (χ1v) is 8.12. The highest BCUT2D eigenvalue weighted by molar-refractivity contribution is 6.30. The molecule has 0 aliphatic rings. The smallest absolute Gasteiger partial charge is 0.124 e. The molecule has 0 atom stereocenters. The van der Waals surface area contributed by atoms with E-state index < -0.39 is 0 Å². The Morgan fingerprint density at radius 2 is 1.84 bits per heavy atom. The first-order valence-electron chi connectivity index (χ1n) is 7.74. The lowest BCUT2D eigenvalue weighted by Crippen LogP contribution is -2.20. The van der Waals surface area contributed by atoms with Gasteiger partial charge in [0.05, 0.1) is 19.8 Å². The van der Waals surface area contributed by atoms with Gasteiger partial charge in [-0.1, -0.05) is 23.7 Å². The van der Waals surface area contributed by atoms with Gasteiger partial charge in [-0.3, -0.25) is 0 Å². The number of rotatable bonds is 10. The van der Waals surface area contributed by atoms with Gasteiger partial charge in [-0.15, -0.1) is 12.4 Å². The topological polar surface area (TPSA) is 50.7 Å². The predicted octanol–water partition coefficient (Wildman–Crippen LogP) is 3.58. The molecule has 25 heavy (non-hydrogen) atoms. The number of nitrogens with one attached hydrogen (secondary N) is 1. The molecule has 4 nitrogen and oxygen atoms in total. The van der Waals surface area contributed by atoms with Gasteiger partial charge >= 0.3 is 0 Å². The molecule has 2 rings (SSSR count). The average molecular weight is 390 g/mol. The van der Waals surface area contributed by atoms with E-state index in [0.29, 0.717) is 37.9 Å². The summed E-state index contributed by atoms with van der Waals surface area (Å²) in [6.45, 7) is 2.48. The van der Waals surface area contributed by atoms with Gasteiger partial charge in [0.15, 0.2) is 0 Å². The van der Waals surface area contributed by atoms with E-state index in [0.717, 1.165) is 16.9 Å². The van der Waals surface area contributed by atoms with Crippen LogP contribution in [0.5, 0.6) is 5.75 Å². The quantitative estimate of drug-likeness (QED) is 0.609. The summed E-state index contributed by atoms with van der Waals surface area (Å²) < 4.78 is 23.9. The number of ether oxygens (including phenoxy) is 2. The van der Waals surface area contributed by atoms with Crippen molar-refractivity contribution >= 4 is 24.0 Å². The van der Waals surface area contributed by atoms with Crippen molar-refractivity contribution in [3.8, 4) is 5.75 Å². The Hall–Kier alpha value is -1.37. The minimum absolute atomic E-state index is 0. The van der Waals surface area contributed by atoms with Crippen LogP contribution in [0.3, 0.4) is 0 Å². The predicted molar refractivity (Wildman–Crippen MR) is 99.0 cm³/mol. The van der Waals surface area contributed by atoms with Crippen molar-refractivity contribution in [1.29, 1.82) is 0 Å². The molecule has 2 aromatic carbocycles. The van der Waals surface area contributed by atoms with E-state index in [2.05, 4.69) is 5.32 Å². The number of halogens is 3. The first-order chi connectivity index (χ1) is 11.7. The van der Waals surface area contributed by atoms with Crippen LogP contribution in [0.2, 0.25) is 5.02 Å². The highest BCUT2D eigenvalue weighted by atomic mass is 35.5. The van der Waals surface area contributed by atoms with Crippen LogP contribution < -0.4 is 10.1 Å². The van der Waals surface area contributed by atoms with Gasteiger partial charge in [-0.2, -0.15) is 0 Å². The van der Waals surface area contributed by atoms with Crippen molar-refractivity contribution < 1.29 is 19.0 Å². The molecule has 138 valence electrons. The lowest BCUT2D eigenvalue weighted by Gasteiger charge is -2.13. The standard InChI is InChI=1S/C18H21ClFNO3.ClH/c19-16-3-6-18(24-13-14-1-4-17(20)5-2-14)15(11-16)12-21-7-9-23-10-8-22;/h1-6,11,21-22H,7-10,12-13H2;1H. The fraction of sp³-hybridized carbons (Fsp3) is 0.333. The molecule has 0 aromatic heterocycles. The van der Waals surface area contributed by atoms with Gasteiger partial charge in [0, 0.05) is 23.7 Å². The number of aliphatic hydroxyl groups excluding tert-OH is 1. The zero-order valence-electron chi connectivity index (χ0n) is 13.7. The van der Waals surface area contributed by atoms with Gasteiger partial charge in [0.25, 0.3) is 0 Å².